The van der Waals surface area contributed by atoms with Crippen molar-refractivity contribution < 1.29 is 14.2 Å². The third kappa shape index (κ3) is 3.69. The number of rotatable bonds is 6. The number of halogens is 1. The summed E-state index contributed by atoms with van der Waals surface area (Å²) in [6.07, 6.45) is 1.64. The zero-order chi connectivity index (χ0) is 13.0. The van der Waals surface area contributed by atoms with Gasteiger partial charge in [-0.1, -0.05) is 0 Å². The highest BCUT2D eigenvalue weighted by Crippen LogP contribution is 2.19. The Bertz CT molecular complexity index is 455. The van der Waals surface area contributed by atoms with Crippen LogP contribution < -0.4 is 10.1 Å². The maximum Gasteiger partial charge on any atom is 0.166 e. The predicted octanol–water partition coefficient (Wildman–Crippen LogP) is 1.19. The van der Waals surface area contributed by atoms with Gasteiger partial charge in [0.05, 0.1) is 11.6 Å². The molecule has 4 nitrogen and oxygen atoms in total. The molecule has 18 heavy (non-hydrogen) atoms. The highest BCUT2D eigenvalue weighted by molar-refractivity contribution is 5.35. The van der Waals surface area contributed by atoms with Gasteiger partial charge in [0.25, 0.3) is 0 Å². The number of aliphatic hydroxyl groups is 1. The zero-order valence-electron chi connectivity index (χ0n) is 9.90. The Kier molecular flexibility index (Phi) is 4.13. The van der Waals surface area contributed by atoms with E-state index in [9.17, 15) is 9.50 Å². The summed E-state index contributed by atoms with van der Waals surface area (Å²) in [6, 6.07) is 6.36. The SMILES string of the molecule is N#Cc1ccc(OCC(O)CNC2CC2)c(F)c1. The number of ether oxygens (including phenoxy) is 1. The molecule has 96 valence electrons. The fourth-order valence-electron chi connectivity index (χ4n) is 1.52. The lowest BCUT2D eigenvalue weighted by Gasteiger charge is -2.13. The second kappa shape index (κ2) is 5.80. The number of nitrogens with one attached hydrogen (secondary N) is 1. The third-order valence-electron chi connectivity index (χ3n) is 2.71. The topological polar surface area (TPSA) is 65.3 Å². The van der Waals surface area contributed by atoms with E-state index in [0.717, 1.165) is 18.9 Å². The van der Waals surface area contributed by atoms with Crippen molar-refractivity contribution in [1.29, 1.82) is 5.26 Å². The number of nitrogens with zero attached hydrogens (tertiary/aromatic N) is 1. The predicted molar refractivity (Wildman–Crippen MR) is 63.6 cm³/mol. The first kappa shape index (κ1) is 12.8. The van der Waals surface area contributed by atoms with Crippen LogP contribution in [0.25, 0.3) is 0 Å². The molecule has 1 atom stereocenters. The summed E-state index contributed by atoms with van der Waals surface area (Å²) in [6.45, 7) is 0.477. The van der Waals surface area contributed by atoms with Crippen LogP contribution in [0.15, 0.2) is 18.2 Å². The average Bonchev–Trinajstić information content (AvgIpc) is 3.18. The Labute approximate surface area is 105 Å². The normalized spacial score (nSPS) is 16.1. The molecular formula is C13H15FN2O2. The van der Waals surface area contributed by atoms with Gasteiger partial charge < -0.3 is 15.2 Å². The molecule has 0 heterocycles. The van der Waals surface area contributed by atoms with Crippen LogP contribution in [0.4, 0.5) is 4.39 Å². The lowest BCUT2D eigenvalue weighted by molar-refractivity contribution is 0.104. The van der Waals surface area contributed by atoms with Gasteiger partial charge in [-0.2, -0.15) is 5.26 Å². The molecule has 0 amide bonds. The molecule has 0 aliphatic heterocycles. The molecule has 0 radical (unpaired) electrons. The van der Waals surface area contributed by atoms with Crippen LogP contribution in [0.2, 0.25) is 0 Å². The lowest BCUT2D eigenvalue weighted by Crippen LogP contribution is -2.32. The fraction of sp³-hybridized carbons (Fsp3) is 0.462. The molecule has 0 saturated heterocycles. The van der Waals surface area contributed by atoms with Crippen molar-refractivity contribution in [2.24, 2.45) is 0 Å². The van der Waals surface area contributed by atoms with Gasteiger partial charge in [0.1, 0.15) is 12.7 Å². The third-order valence-corrected chi connectivity index (χ3v) is 2.71. The minimum atomic E-state index is -0.666. The molecule has 2 rings (SSSR count). The van der Waals surface area contributed by atoms with Crippen LogP contribution in [0.1, 0.15) is 18.4 Å². The maximum absolute atomic E-state index is 13.4. The number of hydrogen-bond donors (Lipinski definition) is 2. The van der Waals surface area contributed by atoms with Gasteiger partial charge in [-0.25, -0.2) is 4.39 Å². The van der Waals surface area contributed by atoms with Crippen LogP contribution in [0, 0.1) is 17.1 Å². The average molecular weight is 250 g/mol. The molecule has 1 aliphatic carbocycles. The van der Waals surface area contributed by atoms with E-state index < -0.39 is 11.9 Å². The van der Waals surface area contributed by atoms with Gasteiger partial charge in [0.15, 0.2) is 11.6 Å². The van der Waals surface area contributed by atoms with E-state index in [-0.39, 0.29) is 17.9 Å². The van der Waals surface area contributed by atoms with Gasteiger partial charge >= 0.3 is 0 Å². The van der Waals surface area contributed by atoms with Crippen LogP contribution in [0.3, 0.4) is 0 Å². The van der Waals surface area contributed by atoms with Crippen molar-refractivity contribution in [3.05, 3.63) is 29.6 Å². The summed E-state index contributed by atoms with van der Waals surface area (Å²) in [4.78, 5) is 0. The quantitative estimate of drug-likeness (QED) is 0.796. The van der Waals surface area contributed by atoms with Crippen LogP contribution in [-0.2, 0) is 0 Å². The molecule has 1 aliphatic rings. The van der Waals surface area contributed by atoms with Crippen molar-refractivity contribution in [3.8, 4) is 11.8 Å². The summed E-state index contributed by atoms with van der Waals surface area (Å²) in [5.41, 5.74) is 0.246. The van der Waals surface area contributed by atoms with Crippen LogP contribution in [-0.4, -0.2) is 30.4 Å². The summed E-state index contributed by atoms with van der Waals surface area (Å²) < 4.78 is 18.6. The number of aliphatic hydroxyl groups excluding tert-OH is 1. The molecule has 0 spiro atoms. The minimum Gasteiger partial charge on any atom is -0.488 e. The number of benzene rings is 1. The van der Waals surface area contributed by atoms with Crippen molar-refractivity contribution in [1.82, 2.24) is 5.32 Å². The Balaban J connectivity index is 1.79. The standard InChI is InChI=1S/C13H15FN2O2/c14-12-5-9(6-15)1-4-13(12)18-8-11(17)7-16-10-2-3-10/h1,4-5,10-11,16-17H,2-3,7-8H2. The molecule has 1 unspecified atom stereocenters. The first-order valence-electron chi connectivity index (χ1n) is 5.93. The highest BCUT2D eigenvalue weighted by atomic mass is 19.1. The Morgan fingerprint density at radius 2 is 2.33 bits per heavy atom. The molecule has 5 heteroatoms. The smallest absolute Gasteiger partial charge is 0.166 e. The fourth-order valence-corrected chi connectivity index (χ4v) is 1.52. The summed E-state index contributed by atoms with van der Waals surface area (Å²) in [7, 11) is 0. The van der Waals surface area contributed by atoms with Gasteiger partial charge in [-0.3, -0.25) is 0 Å². The number of nitriles is 1. The molecule has 0 bridgehead atoms. The number of hydrogen-bond acceptors (Lipinski definition) is 4. The Hall–Kier alpha value is -1.64. The lowest BCUT2D eigenvalue weighted by atomic mass is 10.2. The monoisotopic (exact) mass is 250 g/mol. The van der Waals surface area contributed by atoms with Gasteiger partial charge in [0, 0.05) is 12.6 Å². The van der Waals surface area contributed by atoms with Gasteiger partial charge in [0.2, 0.25) is 0 Å². The Morgan fingerprint density at radius 3 is 2.94 bits per heavy atom. The van der Waals surface area contributed by atoms with E-state index in [1.54, 1.807) is 0 Å². The second-order valence-electron chi connectivity index (χ2n) is 4.40. The molecule has 0 aromatic heterocycles. The van der Waals surface area contributed by atoms with E-state index >= 15 is 0 Å². The molecule has 1 saturated carbocycles. The van der Waals surface area contributed by atoms with Crippen molar-refractivity contribution in [2.75, 3.05) is 13.2 Å². The first-order valence-corrected chi connectivity index (χ1v) is 5.93. The van der Waals surface area contributed by atoms with E-state index in [1.165, 1.54) is 12.1 Å². The maximum atomic E-state index is 13.4. The van der Waals surface area contributed by atoms with Gasteiger partial charge in [-0.15, -0.1) is 0 Å². The molecule has 1 fully saturated rings. The summed E-state index contributed by atoms with van der Waals surface area (Å²) in [5.74, 6) is -0.532. The van der Waals surface area contributed by atoms with Crippen LogP contribution >= 0.6 is 0 Å². The Morgan fingerprint density at radius 1 is 1.56 bits per heavy atom. The molecule has 1 aromatic rings. The second-order valence-corrected chi connectivity index (χ2v) is 4.40. The zero-order valence-corrected chi connectivity index (χ0v) is 9.90. The first-order chi connectivity index (χ1) is 8.69. The molecule has 1 aromatic carbocycles. The van der Waals surface area contributed by atoms with Gasteiger partial charge in [-0.05, 0) is 31.0 Å². The van der Waals surface area contributed by atoms with Crippen molar-refractivity contribution in [2.45, 2.75) is 25.0 Å². The van der Waals surface area contributed by atoms with Crippen molar-refractivity contribution >= 4 is 0 Å². The van der Waals surface area contributed by atoms with E-state index in [4.69, 9.17) is 10.00 Å². The van der Waals surface area contributed by atoms with Crippen molar-refractivity contribution in [3.63, 3.8) is 0 Å². The van der Waals surface area contributed by atoms with Crippen LogP contribution in [0.5, 0.6) is 5.75 Å². The van der Waals surface area contributed by atoms with E-state index in [2.05, 4.69) is 5.32 Å². The summed E-state index contributed by atoms with van der Waals surface area (Å²) >= 11 is 0. The largest absolute Gasteiger partial charge is 0.488 e. The highest BCUT2D eigenvalue weighted by Gasteiger charge is 2.21. The summed E-state index contributed by atoms with van der Waals surface area (Å²) in [5, 5.41) is 21.4. The molecule has 2 N–H and O–H groups in total. The van der Waals surface area contributed by atoms with E-state index in [1.807, 2.05) is 6.07 Å². The van der Waals surface area contributed by atoms with E-state index in [0.29, 0.717) is 12.6 Å². The minimum absolute atomic E-state index is 0.0303. The molecular weight excluding hydrogens is 235 g/mol.